The average molecular weight is 212 g/mol. The number of hydrogen-bond acceptors (Lipinski definition) is 4. The number of aryl methyl sites for hydroxylation is 2. The highest BCUT2D eigenvalue weighted by atomic mass is 16.3. The number of nitrogens with one attached hydrogen (secondary N) is 2. The molecule has 6 heteroatoms. The van der Waals surface area contributed by atoms with E-state index in [1.165, 1.54) is 0 Å². The molecule has 1 unspecified atom stereocenters. The lowest BCUT2D eigenvalue weighted by atomic mass is 10.2. The van der Waals surface area contributed by atoms with Crippen molar-refractivity contribution >= 4 is 5.91 Å². The minimum absolute atomic E-state index is 0.152. The van der Waals surface area contributed by atoms with E-state index in [-0.39, 0.29) is 6.54 Å². The van der Waals surface area contributed by atoms with Crippen LogP contribution in [0.2, 0.25) is 0 Å². The molecule has 0 saturated heterocycles. The summed E-state index contributed by atoms with van der Waals surface area (Å²) in [5, 5.41) is 19.0. The third-order valence-electron chi connectivity index (χ3n) is 2.25. The highest BCUT2D eigenvalue weighted by molar-refractivity contribution is 5.78. The Morgan fingerprint density at radius 3 is 2.80 bits per heavy atom. The van der Waals surface area contributed by atoms with Gasteiger partial charge in [-0.3, -0.25) is 9.89 Å². The standard InChI is InChI=1S/C9H16N4O2/c1-5-7(6(2)13-12-5)3-11-4-8(14)9(10)15/h8,11,14H,3-4H2,1-2H3,(H2,10,15)(H,12,13). The van der Waals surface area contributed by atoms with E-state index in [1.54, 1.807) is 0 Å². The highest BCUT2D eigenvalue weighted by Crippen LogP contribution is 2.07. The first-order valence-corrected chi connectivity index (χ1v) is 4.71. The van der Waals surface area contributed by atoms with Crippen LogP contribution in [0.4, 0.5) is 0 Å². The summed E-state index contributed by atoms with van der Waals surface area (Å²) >= 11 is 0. The monoisotopic (exact) mass is 212 g/mol. The van der Waals surface area contributed by atoms with Crippen LogP contribution < -0.4 is 11.1 Å². The summed E-state index contributed by atoms with van der Waals surface area (Å²) in [6, 6.07) is 0. The quantitative estimate of drug-likeness (QED) is 0.500. The highest BCUT2D eigenvalue weighted by Gasteiger charge is 2.11. The normalized spacial score (nSPS) is 12.7. The molecule has 0 aliphatic rings. The Kier molecular flexibility index (Phi) is 3.81. The van der Waals surface area contributed by atoms with Crippen molar-refractivity contribution in [1.29, 1.82) is 0 Å². The second kappa shape index (κ2) is 4.90. The minimum Gasteiger partial charge on any atom is -0.382 e. The van der Waals surface area contributed by atoms with Crippen LogP contribution in [0.1, 0.15) is 17.0 Å². The molecule has 0 saturated carbocycles. The second-order valence-corrected chi connectivity index (χ2v) is 3.46. The van der Waals surface area contributed by atoms with Crippen molar-refractivity contribution < 1.29 is 9.90 Å². The average Bonchev–Trinajstić information content (AvgIpc) is 2.48. The van der Waals surface area contributed by atoms with E-state index in [1.807, 2.05) is 13.8 Å². The van der Waals surface area contributed by atoms with Crippen molar-refractivity contribution in [3.8, 4) is 0 Å². The van der Waals surface area contributed by atoms with Gasteiger partial charge in [-0.2, -0.15) is 5.10 Å². The smallest absolute Gasteiger partial charge is 0.247 e. The van der Waals surface area contributed by atoms with E-state index in [0.29, 0.717) is 6.54 Å². The van der Waals surface area contributed by atoms with Gasteiger partial charge in [-0.05, 0) is 13.8 Å². The van der Waals surface area contributed by atoms with Crippen molar-refractivity contribution in [2.24, 2.45) is 5.73 Å². The van der Waals surface area contributed by atoms with Gasteiger partial charge in [0.25, 0.3) is 0 Å². The Balaban J connectivity index is 2.41. The Morgan fingerprint density at radius 1 is 1.67 bits per heavy atom. The molecular weight excluding hydrogens is 196 g/mol. The van der Waals surface area contributed by atoms with Gasteiger partial charge < -0.3 is 16.2 Å². The first-order valence-electron chi connectivity index (χ1n) is 4.71. The number of amides is 1. The predicted octanol–water partition coefficient (Wildman–Crippen LogP) is -1.04. The fourth-order valence-electron chi connectivity index (χ4n) is 1.27. The molecule has 1 aromatic rings. The van der Waals surface area contributed by atoms with E-state index in [2.05, 4.69) is 15.5 Å². The predicted molar refractivity (Wildman–Crippen MR) is 55.0 cm³/mol. The number of aliphatic hydroxyl groups is 1. The topological polar surface area (TPSA) is 104 Å². The molecule has 0 aliphatic heterocycles. The Labute approximate surface area is 87.9 Å². The molecule has 1 aromatic heterocycles. The molecular formula is C9H16N4O2. The van der Waals surface area contributed by atoms with Crippen LogP contribution in [0.3, 0.4) is 0 Å². The third-order valence-corrected chi connectivity index (χ3v) is 2.25. The Morgan fingerprint density at radius 2 is 2.33 bits per heavy atom. The maximum atomic E-state index is 10.5. The summed E-state index contributed by atoms with van der Waals surface area (Å²) in [5.74, 6) is -0.719. The first-order chi connectivity index (χ1) is 7.02. The second-order valence-electron chi connectivity index (χ2n) is 3.46. The van der Waals surface area contributed by atoms with Crippen molar-refractivity contribution in [2.45, 2.75) is 26.5 Å². The molecule has 1 heterocycles. The van der Waals surface area contributed by atoms with Crippen molar-refractivity contribution in [3.63, 3.8) is 0 Å². The van der Waals surface area contributed by atoms with Crippen LogP contribution in [-0.4, -0.2) is 33.9 Å². The zero-order chi connectivity index (χ0) is 11.4. The summed E-state index contributed by atoms with van der Waals surface area (Å²) in [6.07, 6.45) is -1.14. The minimum atomic E-state index is -1.14. The Hall–Kier alpha value is -1.40. The number of carbonyl (C=O) groups excluding carboxylic acids is 1. The summed E-state index contributed by atoms with van der Waals surface area (Å²) in [6.45, 7) is 4.52. The number of nitrogens with zero attached hydrogens (tertiary/aromatic N) is 1. The molecule has 84 valence electrons. The van der Waals surface area contributed by atoms with E-state index >= 15 is 0 Å². The molecule has 0 bridgehead atoms. The fourth-order valence-corrected chi connectivity index (χ4v) is 1.27. The zero-order valence-electron chi connectivity index (χ0n) is 8.87. The summed E-state index contributed by atoms with van der Waals surface area (Å²) in [5.41, 5.74) is 7.85. The molecule has 5 N–H and O–H groups in total. The number of aromatic nitrogens is 2. The van der Waals surface area contributed by atoms with Crippen LogP contribution in [0, 0.1) is 13.8 Å². The number of rotatable bonds is 5. The largest absolute Gasteiger partial charge is 0.382 e. The molecule has 1 amide bonds. The van der Waals surface area contributed by atoms with Crippen LogP contribution in [-0.2, 0) is 11.3 Å². The molecule has 6 nitrogen and oxygen atoms in total. The lowest BCUT2D eigenvalue weighted by Gasteiger charge is -2.08. The van der Waals surface area contributed by atoms with E-state index in [0.717, 1.165) is 17.0 Å². The number of H-pyrrole nitrogens is 1. The zero-order valence-corrected chi connectivity index (χ0v) is 8.87. The lowest BCUT2D eigenvalue weighted by molar-refractivity contribution is -0.125. The molecule has 0 aromatic carbocycles. The summed E-state index contributed by atoms with van der Waals surface area (Å²) in [4.78, 5) is 10.5. The Bertz CT molecular complexity index is 328. The maximum Gasteiger partial charge on any atom is 0.247 e. The molecule has 1 rings (SSSR count). The summed E-state index contributed by atoms with van der Waals surface area (Å²) < 4.78 is 0. The number of aliphatic hydroxyl groups excluding tert-OH is 1. The molecule has 15 heavy (non-hydrogen) atoms. The van der Waals surface area contributed by atoms with Gasteiger partial charge in [0.1, 0.15) is 6.10 Å². The van der Waals surface area contributed by atoms with Gasteiger partial charge in [0.05, 0.1) is 5.69 Å². The lowest BCUT2D eigenvalue weighted by Crippen LogP contribution is -2.37. The molecule has 0 radical (unpaired) electrons. The van der Waals surface area contributed by atoms with Gasteiger partial charge >= 0.3 is 0 Å². The number of aromatic amines is 1. The van der Waals surface area contributed by atoms with Crippen LogP contribution in [0.5, 0.6) is 0 Å². The summed E-state index contributed by atoms with van der Waals surface area (Å²) in [7, 11) is 0. The van der Waals surface area contributed by atoms with Gasteiger partial charge in [-0.1, -0.05) is 0 Å². The molecule has 0 fully saturated rings. The SMILES string of the molecule is Cc1n[nH]c(C)c1CNCC(O)C(N)=O. The van der Waals surface area contributed by atoms with E-state index in [9.17, 15) is 4.79 Å². The van der Waals surface area contributed by atoms with Crippen LogP contribution in [0.25, 0.3) is 0 Å². The number of primary amides is 1. The van der Waals surface area contributed by atoms with Crippen molar-refractivity contribution in [1.82, 2.24) is 15.5 Å². The van der Waals surface area contributed by atoms with Crippen molar-refractivity contribution in [3.05, 3.63) is 17.0 Å². The number of nitrogens with two attached hydrogens (primary N) is 1. The third kappa shape index (κ3) is 3.03. The van der Waals surface area contributed by atoms with Crippen molar-refractivity contribution in [2.75, 3.05) is 6.54 Å². The fraction of sp³-hybridized carbons (Fsp3) is 0.556. The first kappa shape index (κ1) is 11.7. The molecule has 0 spiro atoms. The van der Waals surface area contributed by atoms with E-state index < -0.39 is 12.0 Å². The van der Waals surface area contributed by atoms with Gasteiger partial charge in [0.2, 0.25) is 5.91 Å². The maximum absolute atomic E-state index is 10.5. The van der Waals surface area contributed by atoms with Gasteiger partial charge in [-0.15, -0.1) is 0 Å². The molecule has 0 aliphatic carbocycles. The number of carbonyl (C=O) groups is 1. The number of hydrogen-bond donors (Lipinski definition) is 4. The van der Waals surface area contributed by atoms with Gasteiger partial charge in [0.15, 0.2) is 0 Å². The van der Waals surface area contributed by atoms with Crippen LogP contribution >= 0.6 is 0 Å². The van der Waals surface area contributed by atoms with Gasteiger partial charge in [-0.25, -0.2) is 0 Å². The van der Waals surface area contributed by atoms with Gasteiger partial charge in [0, 0.05) is 24.3 Å². The van der Waals surface area contributed by atoms with E-state index in [4.69, 9.17) is 10.8 Å². The van der Waals surface area contributed by atoms with Crippen LogP contribution in [0.15, 0.2) is 0 Å². The molecule has 1 atom stereocenters.